The van der Waals surface area contributed by atoms with Gasteiger partial charge in [-0.2, -0.15) is 0 Å². The Morgan fingerprint density at radius 1 is 1.33 bits per heavy atom. The van der Waals surface area contributed by atoms with E-state index < -0.39 is 0 Å². The van der Waals surface area contributed by atoms with Crippen LogP contribution in [0.3, 0.4) is 0 Å². The first kappa shape index (κ1) is 13.3. The molecule has 1 aromatic carbocycles. The van der Waals surface area contributed by atoms with Crippen molar-refractivity contribution in [1.82, 2.24) is 5.32 Å². The molecule has 1 N–H and O–H groups in total. The second-order valence-corrected chi connectivity index (χ2v) is 7.09. The summed E-state index contributed by atoms with van der Waals surface area (Å²) >= 11 is 0. The van der Waals surface area contributed by atoms with Gasteiger partial charge in [0.25, 0.3) is 0 Å². The molecule has 0 aromatic heterocycles. The molecule has 1 aliphatic carbocycles. The first-order chi connectivity index (χ1) is 10.2. The molecule has 0 radical (unpaired) electrons. The lowest BCUT2D eigenvalue weighted by atomic mass is 9.91. The molecule has 3 heteroatoms. The van der Waals surface area contributed by atoms with E-state index in [1.807, 2.05) is 0 Å². The number of anilines is 1. The van der Waals surface area contributed by atoms with Crippen molar-refractivity contribution in [3.63, 3.8) is 0 Å². The fourth-order valence-electron chi connectivity index (χ4n) is 4.28. The third-order valence-corrected chi connectivity index (χ3v) is 5.71. The van der Waals surface area contributed by atoms with Crippen LogP contribution < -0.4 is 10.2 Å². The molecule has 2 fully saturated rings. The van der Waals surface area contributed by atoms with E-state index >= 15 is 0 Å². The average Bonchev–Trinajstić information content (AvgIpc) is 3.20. The summed E-state index contributed by atoms with van der Waals surface area (Å²) in [7, 11) is 0. The lowest BCUT2D eigenvalue weighted by Crippen LogP contribution is -2.39. The molecule has 2 aliphatic heterocycles. The average molecular weight is 284 g/mol. The Kier molecular flexibility index (Phi) is 3.07. The number of amides is 1. The van der Waals surface area contributed by atoms with Crippen LogP contribution in [0.4, 0.5) is 5.69 Å². The van der Waals surface area contributed by atoms with E-state index in [1.165, 1.54) is 29.7 Å². The highest BCUT2D eigenvalue weighted by atomic mass is 16.2. The summed E-state index contributed by atoms with van der Waals surface area (Å²) in [5, 5.41) is 3.42. The van der Waals surface area contributed by atoms with Gasteiger partial charge in [0.2, 0.25) is 5.91 Å². The topological polar surface area (TPSA) is 32.3 Å². The molecule has 1 unspecified atom stereocenters. The zero-order chi connectivity index (χ0) is 14.4. The number of piperidine rings is 1. The summed E-state index contributed by atoms with van der Waals surface area (Å²) < 4.78 is 0. The Labute approximate surface area is 126 Å². The van der Waals surface area contributed by atoms with Crippen LogP contribution in [0.1, 0.15) is 36.8 Å². The monoisotopic (exact) mass is 284 g/mol. The summed E-state index contributed by atoms with van der Waals surface area (Å²) in [4.78, 5) is 15.1. The standard InChI is InChI=1S/C18H24N2O/c1-13-4-5-14-3-2-10-20(16(14)11-13)17(21)15-12-18(15)6-8-19-9-7-18/h4-5,11,15,19H,2-3,6-10,12H2,1H3. The van der Waals surface area contributed by atoms with Crippen molar-refractivity contribution in [2.24, 2.45) is 11.3 Å². The summed E-state index contributed by atoms with van der Waals surface area (Å²) in [6.45, 7) is 5.18. The maximum absolute atomic E-state index is 13.0. The van der Waals surface area contributed by atoms with Crippen molar-refractivity contribution in [2.75, 3.05) is 24.5 Å². The van der Waals surface area contributed by atoms with Gasteiger partial charge in [-0.25, -0.2) is 0 Å². The molecular weight excluding hydrogens is 260 g/mol. The van der Waals surface area contributed by atoms with E-state index in [9.17, 15) is 4.79 Å². The number of rotatable bonds is 1. The molecule has 1 atom stereocenters. The molecule has 1 aromatic rings. The van der Waals surface area contributed by atoms with Gasteiger partial charge >= 0.3 is 0 Å². The lowest BCUT2D eigenvalue weighted by Gasteiger charge is -2.31. The van der Waals surface area contributed by atoms with Crippen molar-refractivity contribution >= 4 is 11.6 Å². The smallest absolute Gasteiger partial charge is 0.230 e. The van der Waals surface area contributed by atoms with Crippen molar-refractivity contribution in [3.05, 3.63) is 29.3 Å². The minimum atomic E-state index is 0.283. The molecule has 1 saturated carbocycles. The fourth-order valence-corrected chi connectivity index (χ4v) is 4.28. The minimum absolute atomic E-state index is 0.283. The second kappa shape index (κ2) is 4.84. The maximum atomic E-state index is 13.0. The number of carbonyl (C=O) groups is 1. The molecule has 2 heterocycles. The number of nitrogens with one attached hydrogen (secondary N) is 1. The molecule has 3 aliphatic rings. The highest BCUT2D eigenvalue weighted by Gasteiger charge is 2.58. The zero-order valence-electron chi connectivity index (χ0n) is 12.8. The van der Waals surface area contributed by atoms with Crippen molar-refractivity contribution in [3.8, 4) is 0 Å². The third-order valence-electron chi connectivity index (χ3n) is 5.71. The number of benzene rings is 1. The normalized spacial score (nSPS) is 26.5. The molecule has 1 amide bonds. The highest BCUT2D eigenvalue weighted by molar-refractivity contribution is 5.98. The predicted molar refractivity (Wildman–Crippen MR) is 84.5 cm³/mol. The molecule has 4 rings (SSSR count). The summed E-state index contributed by atoms with van der Waals surface area (Å²) in [5.41, 5.74) is 4.12. The second-order valence-electron chi connectivity index (χ2n) is 7.09. The molecule has 1 saturated heterocycles. The minimum Gasteiger partial charge on any atom is -0.317 e. The molecule has 21 heavy (non-hydrogen) atoms. The van der Waals surface area contributed by atoms with Gasteiger partial charge in [0, 0.05) is 18.2 Å². The Bertz CT molecular complexity index is 575. The van der Waals surface area contributed by atoms with Crippen LogP contribution in [0.2, 0.25) is 0 Å². The van der Waals surface area contributed by atoms with Crippen LogP contribution in [0.25, 0.3) is 0 Å². The van der Waals surface area contributed by atoms with Crippen LogP contribution >= 0.6 is 0 Å². The van der Waals surface area contributed by atoms with E-state index in [4.69, 9.17) is 0 Å². The van der Waals surface area contributed by atoms with Gasteiger partial charge in [0.1, 0.15) is 0 Å². The number of hydrogen-bond donors (Lipinski definition) is 1. The number of aryl methyl sites for hydroxylation is 2. The van der Waals surface area contributed by atoms with E-state index in [0.717, 1.165) is 38.9 Å². The first-order valence-corrected chi connectivity index (χ1v) is 8.31. The number of fused-ring (bicyclic) bond motifs is 1. The fraction of sp³-hybridized carbons (Fsp3) is 0.611. The van der Waals surface area contributed by atoms with Gasteiger partial charge in [-0.1, -0.05) is 12.1 Å². The van der Waals surface area contributed by atoms with Crippen LogP contribution in [0.15, 0.2) is 18.2 Å². The van der Waals surface area contributed by atoms with E-state index in [1.54, 1.807) is 0 Å². The Hall–Kier alpha value is -1.35. The van der Waals surface area contributed by atoms with E-state index in [-0.39, 0.29) is 5.92 Å². The molecule has 1 spiro atoms. The van der Waals surface area contributed by atoms with E-state index in [0.29, 0.717) is 11.3 Å². The van der Waals surface area contributed by atoms with Crippen LogP contribution in [0, 0.1) is 18.3 Å². The Morgan fingerprint density at radius 3 is 2.95 bits per heavy atom. The number of nitrogens with zero attached hydrogens (tertiary/aromatic N) is 1. The van der Waals surface area contributed by atoms with Gasteiger partial charge in [-0.3, -0.25) is 4.79 Å². The van der Waals surface area contributed by atoms with Crippen LogP contribution in [0.5, 0.6) is 0 Å². The number of hydrogen-bond acceptors (Lipinski definition) is 2. The highest BCUT2D eigenvalue weighted by Crippen LogP contribution is 2.59. The maximum Gasteiger partial charge on any atom is 0.230 e. The van der Waals surface area contributed by atoms with Crippen molar-refractivity contribution in [2.45, 2.75) is 39.0 Å². The van der Waals surface area contributed by atoms with Gasteiger partial charge in [0.05, 0.1) is 0 Å². The van der Waals surface area contributed by atoms with Gasteiger partial charge in [-0.15, -0.1) is 0 Å². The first-order valence-electron chi connectivity index (χ1n) is 8.31. The van der Waals surface area contributed by atoms with Gasteiger partial charge in [-0.05, 0) is 74.7 Å². The summed E-state index contributed by atoms with van der Waals surface area (Å²) in [6.07, 6.45) is 5.68. The van der Waals surface area contributed by atoms with Crippen LogP contribution in [-0.2, 0) is 11.2 Å². The Balaban J connectivity index is 1.58. The molecule has 112 valence electrons. The van der Waals surface area contributed by atoms with Gasteiger partial charge in [0.15, 0.2) is 0 Å². The van der Waals surface area contributed by atoms with Crippen molar-refractivity contribution in [1.29, 1.82) is 0 Å². The molecular formula is C18H24N2O. The summed E-state index contributed by atoms with van der Waals surface area (Å²) in [6, 6.07) is 6.57. The summed E-state index contributed by atoms with van der Waals surface area (Å²) in [5.74, 6) is 0.675. The zero-order valence-corrected chi connectivity index (χ0v) is 12.8. The molecule has 0 bridgehead atoms. The predicted octanol–water partition coefficient (Wildman–Crippen LogP) is 2.66. The quantitative estimate of drug-likeness (QED) is 0.860. The lowest BCUT2D eigenvalue weighted by molar-refractivity contribution is -0.120. The number of carbonyl (C=O) groups excluding carboxylic acids is 1. The molecule has 3 nitrogen and oxygen atoms in total. The van der Waals surface area contributed by atoms with Gasteiger partial charge < -0.3 is 10.2 Å². The SMILES string of the molecule is Cc1ccc2c(c1)N(C(=O)C1CC13CCNCC3)CCC2. The Morgan fingerprint density at radius 2 is 2.14 bits per heavy atom. The largest absolute Gasteiger partial charge is 0.317 e. The van der Waals surface area contributed by atoms with Crippen molar-refractivity contribution < 1.29 is 4.79 Å². The van der Waals surface area contributed by atoms with Crippen LogP contribution in [-0.4, -0.2) is 25.5 Å². The van der Waals surface area contributed by atoms with E-state index in [2.05, 4.69) is 35.3 Å². The third kappa shape index (κ3) is 2.18.